The van der Waals surface area contributed by atoms with Crippen LogP contribution in [0.5, 0.6) is 11.5 Å². The fraction of sp³-hybridized carbons (Fsp3) is 0.619. The van der Waals surface area contributed by atoms with Crippen LogP contribution < -0.4 is 14.8 Å². The van der Waals surface area contributed by atoms with Crippen LogP contribution in [0.3, 0.4) is 0 Å². The molecule has 0 unspecified atom stereocenters. The zero-order valence-corrected chi connectivity index (χ0v) is 15.5. The SMILES string of the molecule is O=C(Nc1ccc2c(c1)OC1(CCCC1)O2)[C@@H]1CC(=O)N(C2CCCC2)C1. The number of amides is 2. The summed E-state index contributed by atoms with van der Waals surface area (Å²) < 4.78 is 12.1. The first kappa shape index (κ1) is 16.9. The maximum atomic E-state index is 12.7. The maximum absolute atomic E-state index is 12.7. The minimum absolute atomic E-state index is 0.0849. The summed E-state index contributed by atoms with van der Waals surface area (Å²) in [6.07, 6.45) is 8.88. The summed E-state index contributed by atoms with van der Waals surface area (Å²) in [5, 5.41) is 2.97. The monoisotopic (exact) mass is 370 g/mol. The Bertz CT molecular complexity index is 765. The highest BCUT2D eigenvalue weighted by molar-refractivity contribution is 5.97. The van der Waals surface area contributed by atoms with Crippen molar-refractivity contribution in [2.24, 2.45) is 5.92 Å². The van der Waals surface area contributed by atoms with Gasteiger partial charge >= 0.3 is 0 Å². The van der Waals surface area contributed by atoms with Crippen LogP contribution in [0.2, 0.25) is 0 Å². The number of hydrogen-bond donors (Lipinski definition) is 1. The van der Waals surface area contributed by atoms with Gasteiger partial charge < -0.3 is 19.7 Å². The van der Waals surface area contributed by atoms with Gasteiger partial charge in [-0.1, -0.05) is 12.8 Å². The van der Waals surface area contributed by atoms with Gasteiger partial charge in [-0.15, -0.1) is 0 Å². The van der Waals surface area contributed by atoms with Crippen molar-refractivity contribution in [2.45, 2.75) is 69.6 Å². The van der Waals surface area contributed by atoms with Gasteiger partial charge in [-0.2, -0.15) is 0 Å². The number of carbonyl (C=O) groups excluding carboxylic acids is 2. The molecule has 2 aliphatic carbocycles. The summed E-state index contributed by atoms with van der Waals surface area (Å²) in [5.74, 6) is 0.715. The van der Waals surface area contributed by atoms with E-state index >= 15 is 0 Å². The largest absolute Gasteiger partial charge is 0.448 e. The van der Waals surface area contributed by atoms with Crippen molar-refractivity contribution in [3.8, 4) is 11.5 Å². The lowest BCUT2D eigenvalue weighted by Gasteiger charge is -2.23. The summed E-state index contributed by atoms with van der Waals surface area (Å²) in [6.45, 7) is 0.545. The molecule has 1 saturated heterocycles. The lowest BCUT2D eigenvalue weighted by molar-refractivity contribution is -0.129. The van der Waals surface area contributed by atoms with E-state index in [1.54, 1.807) is 0 Å². The number of rotatable bonds is 3. The van der Waals surface area contributed by atoms with Crippen molar-refractivity contribution in [1.82, 2.24) is 4.90 Å². The number of carbonyl (C=O) groups is 2. The van der Waals surface area contributed by atoms with E-state index in [4.69, 9.17) is 9.47 Å². The van der Waals surface area contributed by atoms with Crippen LogP contribution in [0, 0.1) is 5.92 Å². The maximum Gasteiger partial charge on any atom is 0.251 e. The van der Waals surface area contributed by atoms with Crippen LogP contribution in [-0.4, -0.2) is 35.1 Å². The molecule has 5 rings (SSSR count). The summed E-state index contributed by atoms with van der Waals surface area (Å²) in [5.41, 5.74) is 0.698. The topological polar surface area (TPSA) is 67.9 Å². The molecule has 1 atom stereocenters. The Kier molecular flexibility index (Phi) is 4.02. The highest BCUT2D eigenvalue weighted by atomic mass is 16.7. The molecule has 4 aliphatic rings. The van der Waals surface area contributed by atoms with Gasteiger partial charge in [-0.3, -0.25) is 9.59 Å². The number of likely N-dealkylation sites (tertiary alicyclic amines) is 1. The van der Waals surface area contributed by atoms with Crippen LogP contribution in [0.1, 0.15) is 57.8 Å². The van der Waals surface area contributed by atoms with Crippen molar-refractivity contribution < 1.29 is 19.1 Å². The Morgan fingerprint density at radius 3 is 2.59 bits per heavy atom. The van der Waals surface area contributed by atoms with Gasteiger partial charge in [0, 0.05) is 43.6 Å². The molecule has 0 radical (unpaired) electrons. The van der Waals surface area contributed by atoms with E-state index in [-0.39, 0.29) is 17.7 Å². The van der Waals surface area contributed by atoms with Crippen LogP contribution in [0.15, 0.2) is 18.2 Å². The number of hydrogen-bond acceptors (Lipinski definition) is 4. The number of ether oxygens (including phenoxy) is 2. The number of nitrogens with zero attached hydrogens (tertiary/aromatic N) is 1. The molecule has 3 fully saturated rings. The van der Waals surface area contributed by atoms with Gasteiger partial charge in [0.05, 0.1) is 5.92 Å². The van der Waals surface area contributed by atoms with Gasteiger partial charge in [-0.05, 0) is 37.8 Å². The first-order valence-electron chi connectivity index (χ1n) is 10.2. The summed E-state index contributed by atoms with van der Waals surface area (Å²) in [6, 6.07) is 5.89. The van der Waals surface area contributed by atoms with Crippen LogP contribution >= 0.6 is 0 Å². The number of nitrogens with one attached hydrogen (secondary N) is 1. The lowest BCUT2D eigenvalue weighted by atomic mass is 10.1. The quantitative estimate of drug-likeness (QED) is 0.885. The first-order valence-corrected chi connectivity index (χ1v) is 10.2. The van der Waals surface area contributed by atoms with Gasteiger partial charge in [0.25, 0.3) is 5.79 Å². The number of benzene rings is 1. The Labute approximate surface area is 159 Å². The zero-order chi connectivity index (χ0) is 18.4. The molecule has 2 saturated carbocycles. The molecule has 1 aromatic carbocycles. The molecule has 6 nitrogen and oxygen atoms in total. The van der Waals surface area contributed by atoms with Gasteiger partial charge in [0.15, 0.2) is 11.5 Å². The molecule has 2 aliphatic heterocycles. The molecule has 0 bridgehead atoms. The van der Waals surface area contributed by atoms with Gasteiger partial charge in [0.2, 0.25) is 11.8 Å². The third-order valence-corrected chi connectivity index (χ3v) is 6.46. The molecule has 2 heterocycles. The summed E-state index contributed by atoms with van der Waals surface area (Å²) >= 11 is 0. The molecular weight excluding hydrogens is 344 g/mol. The van der Waals surface area contributed by atoms with E-state index in [0.29, 0.717) is 30.4 Å². The Balaban J connectivity index is 1.24. The van der Waals surface area contributed by atoms with E-state index in [1.165, 1.54) is 12.8 Å². The zero-order valence-electron chi connectivity index (χ0n) is 15.5. The highest BCUT2D eigenvalue weighted by Crippen LogP contribution is 2.47. The average Bonchev–Trinajstić information content (AvgIpc) is 3.42. The van der Waals surface area contributed by atoms with Crippen LogP contribution in [-0.2, 0) is 9.59 Å². The fourth-order valence-corrected chi connectivity index (χ4v) is 5.01. The van der Waals surface area contributed by atoms with E-state index in [0.717, 1.165) is 44.3 Å². The second-order valence-electron chi connectivity index (χ2n) is 8.36. The summed E-state index contributed by atoms with van der Waals surface area (Å²) in [4.78, 5) is 27.0. The Hall–Kier alpha value is -2.24. The lowest BCUT2D eigenvalue weighted by Crippen LogP contribution is -2.35. The average molecular weight is 370 g/mol. The number of fused-ring (bicyclic) bond motifs is 1. The molecule has 27 heavy (non-hydrogen) atoms. The molecule has 144 valence electrons. The molecule has 6 heteroatoms. The highest BCUT2D eigenvalue weighted by Gasteiger charge is 2.44. The normalized spacial score (nSPS) is 26.3. The van der Waals surface area contributed by atoms with E-state index in [9.17, 15) is 9.59 Å². The minimum Gasteiger partial charge on any atom is -0.448 e. The smallest absolute Gasteiger partial charge is 0.251 e. The van der Waals surface area contributed by atoms with Crippen LogP contribution in [0.25, 0.3) is 0 Å². The molecule has 1 spiro atoms. The second kappa shape index (κ2) is 6.43. The van der Waals surface area contributed by atoms with Crippen molar-refractivity contribution in [3.05, 3.63) is 18.2 Å². The van der Waals surface area contributed by atoms with Gasteiger partial charge in [-0.25, -0.2) is 0 Å². The number of anilines is 1. The first-order chi connectivity index (χ1) is 13.1. The van der Waals surface area contributed by atoms with Crippen molar-refractivity contribution >= 4 is 17.5 Å². The van der Waals surface area contributed by atoms with E-state index < -0.39 is 5.79 Å². The fourth-order valence-electron chi connectivity index (χ4n) is 5.01. The van der Waals surface area contributed by atoms with Gasteiger partial charge in [0.1, 0.15) is 0 Å². The predicted octanol–water partition coefficient (Wildman–Crippen LogP) is 3.46. The van der Waals surface area contributed by atoms with Crippen LogP contribution in [0.4, 0.5) is 5.69 Å². The second-order valence-corrected chi connectivity index (χ2v) is 8.36. The standard InChI is InChI=1S/C21H26N2O4/c24-19-11-14(13-23(19)16-5-1-2-6-16)20(25)22-15-7-8-17-18(12-15)27-21(26-17)9-3-4-10-21/h7-8,12,14,16H,1-6,9-11,13H2,(H,22,25)/t14-/m1/s1. The molecular formula is C21H26N2O4. The molecule has 1 N–H and O–H groups in total. The molecule has 2 amide bonds. The summed E-state index contributed by atoms with van der Waals surface area (Å²) in [7, 11) is 0. The Morgan fingerprint density at radius 2 is 1.81 bits per heavy atom. The molecule has 1 aromatic rings. The Morgan fingerprint density at radius 1 is 1.07 bits per heavy atom. The minimum atomic E-state index is -0.495. The van der Waals surface area contributed by atoms with Crippen molar-refractivity contribution in [1.29, 1.82) is 0 Å². The van der Waals surface area contributed by atoms with Crippen molar-refractivity contribution in [2.75, 3.05) is 11.9 Å². The van der Waals surface area contributed by atoms with Crippen molar-refractivity contribution in [3.63, 3.8) is 0 Å². The third kappa shape index (κ3) is 3.05. The third-order valence-electron chi connectivity index (χ3n) is 6.46. The van der Waals surface area contributed by atoms with E-state index in [1.807, 2.05) is 23.1 Å². The predicted molar refractivity (Wildman–Crippen MR) is 99.6 cm³/mol. The molecule has 0 aromatic heterocycles. The van der Waals surface area contributed by atoms with E-state index in [2.05, 4.69) is 5.32 Å².